The maximum absolute atomic E-state index is 14.5. The lowest BCUT2D eigenvalue weighted by molar-refractivity contribution is 0.122. The van der Waals surface area contributed by atoms with E-state index in [-0.39, 0.29) is 22.1 Å². The van der Waals surface area contributed by atoms with Gasteiger partial charge in [0, 0.05) is 11.6 Å². The van der Waals surface area contributed by atoms with E-state index in [4.69, 9.17) is 16.3 Å². The fraction of sp³-hybridized carbons (Fsp3) is 0.227. The number of halogens is 4. The Morgan fingerprint density at radius 3 is 2.41 bits per heavy atom. The molecule has 29 heavy (non-hydrogen) atoms. The molecule has 0 N–H and O–H groups in total. The molecule has 0 radical (unpaired) electrons. The molecule has 1 aliphatic heterocycles. The molecule has 1 aliphatic rings. The Labute approximate surface area is 173 Å². The topological polar surface area (TPSA) is 25.4 Å². The quantitative estimate of drug-likeness (QED) is 0.543. The number of hydrogen-bond acceptors (Lipinski definition) is 3. The standard InChI is InChI=1S/C20H16ClF3N2O.C2H6/c1-12-17(22)9-15(13-6-4-3-5-7-13)20(26(12)11-18(23)24)19-16(21)8-14(27-2)10-25-19;1-2/h3-10,18H,1,11H2,2H3;1-2H3. The van der Waals surface area contributed by atoms with Gasteiger partial charge in [-0.05, 0) is 11.6 Å². The third-order valence-corrected chi connectivity index (χ3v) is 4.37. The minimum absolute atomic E-state index is 0.168. The van der Waals surface area contributed by atoms with Crippen LogP contribution in [0.2, 0.25) is 5.02 Å². The van der Waals surface area contributed by atoms with Crippen molar-refractivity contribution in [1.29, 1.82) is 0 Å². The van der Waals surface area contributed by atoms with Crippen LogP contribution < -0.4 is 4.74 Å². The van der Waals surface area contributed by atoms with Crippen LogP contribution in [0.4, 0.5) is 13.2 Å². The van der Waals surface area contributed by atoms with Gasteiger partial charge in [-0.2, -0.15) is 0 Å². The number of alkyl halides is 2. The Morgan fingerprint density at radius 2 is 1.86 bits per heavy atom. The Hall–Kier alpha value is -2.73. The molecule has 3 rings (SSSR count). The highest BCUT2D eigenvalue weighted by molar-refractivity contribution is 6.32. The summed E-state index contributed by atoms with van der Waals surface area (Å²) in [6, 6.07) is 10.4. The van der Waals surface area contributed by atoms with Crippen molar-refractivity contribution in [2.24, 2.45) is 0 Å². The lowest BCUT2D eigenvalue weighted by Gasteiger charge is -2.33. The van der Waals surface area contributed by atoms with Crippen molar-refractivity contribution >= 4 is 22.9 Å². The number of benzene rings is 1. The van der Waals surface area contributed by atoms with E-state index in [0.717, 1.165) is 4.90 Å². The molecule has 0 bridgehead atoms. The van der Waals surface area contributed by atoms with Crippen LogP contribution in [-0.2, 0) is 0 Å². The minimum Gasteiger partial charge on any atom is -0.495 e. The molecule has 2 aromatic rings. The van der Waals surface area contributed by atoms with Crippen molar-refractivity contribution in [3.8, 4) is 5.75 Å². The summed E-state index contributed by atoms with van der Waals surface area (Å²) in [7, 11) is 1.46. The van der Waals surface area contributed by atoms with E-state index < -0.39 is 18.8 Å². The molecule has 0 fully saturated rings. The van der Waals surface area contributed by atoms with Gasteiger partial charge in [0.05, 0.1) is 36.3 Å². The summed E-state index contributed by atoms with van der Waals surface area (Å²) in [5, 5.41) is 0.195. The van der Waals surface area contributed by atoms with Crippen LogP contribution in [-0.4, -0.2) is 30.0 Å². The molecule has 1 aromatic carbocycles. The third kappa shape index (κ3) is 5.01. The van der Waals surface area contributed by atoms with E-state index in [9.17, 15) is 13.2 Å². The second-order valence-electron chi connectivity index (χ2n) is 5.77. The Bertz CT molecular complexity index is 927. The number of rotatable bonds is 5. The summed E-state index contributed by atoms with van der Waals surface area (Å²) in [5.41, 5.74) is 1.37. The summed E-state index contributed by atoms with van der Waals surface area (Å²) >= 11 is 6.35. The Morgan fingerprint density at radius 1 is 1.21 bits per heavy atom. The van der Waals surface area contributed by atoms with E-state index in [1.807, 2.05) is 13.8 Å². The summed E-state index contributed by atoms with van der Waals surface area (Å²) < 4.78 is 46.1. The first-order valence-corrected chi connectivity index (χ1v) is 9.42. The maximum atomic E-state index is 14.5. The van der Waals surface area contributed by atoms with Gasteiger partial charge in [0.1, 0.15) is 17.3 Å². The van der Waals surface area contributed by atoms with Gasteiger partial charge in [-0.1, -0.05) is 62.4 Å². The van der Waals surface area contributed by atoms with E-state index in [0.29, 0.717) is 16.9 Å². The van der Waals surface area contributed by atoms with Gasteiger partial charge in [-0.15, -0.1) is 0 Å². The zero-order valence-corrected chi connectivity index (χ0v) is 17.2. The lowest BCUT2D eigenvalue weighted by atomic mass is 9.96. The second-order valence-corrected chi connectivity index (χ2v) is 6.18. The average molecular weight is 423 g/mol. The molecule has 0 atom stereocenters. The second kappa shape index (κ2) is 10.2. The molecule has 154 valence electrons. The van der Waals surface area contributed by atoms with Crippen molar-refractivity contribution in [3.63, 3.8) is 0 Å². The molecule has 0 aliphatic carbocycles. The molecule has 7 heteroatoms. The van der Waals surface area contributed by atoms with E-state index >= 15 is 0 Å². The summed E-state index contributed by atoms with van der Waals surface area (Å²) in [4.78, 5) is 5.39. The zero-order chi connectivity index (χ0) is 21.6. The van der Waals surface area contributed by atoms with Gasteiger partial charge in [-0.25, -0.2) is 18.2 Å². The van der Waals surface area contributed by atoms with Crippen LogP contribution in [0.25, 0.3) is 11.3 Å². The lowest BCUT2D eigenvalue weighted by Crippen LogP contribution is -2.30. The zero-order valence-electron chi connectivity index (χ0n) is 16.4. The fourth-order valence-electron chi connectivity index (χ4n) is 2.83. The predicted molar refractivity (Wildman–Crippen MR) is 111 cm³/mol. The van der Waals surface area contributed by atoms with Gasteiger partial charge in [0.25, 0.3) is 6.43 Å². The van der Waals surface area contributed by atoms with Crippen LogP contribution in [0.5, 0.6) is 5.75 Å². The van der Waals surface area contributed by atoms with Crippen LogP contribution >= 0.6 is 11.6 Å². The maximum Gasteiger partial charge on any atom is 0.256 e. The van der Waals surface area contributed by atoms with E-state index in [2.05, 4.69) is 11.6 Å². The molecule has 0 amide bonds. The highest BCUT2D eigenvalue weighted by Crippen LogP contribution is 2.41. The van der Waals surface area contributed by atoms with Crippen LogP contribution in [0.3, 0.4) is 0 Å². The van der Waals surface area contributed by atoms with Crippen LogP contribution in [0.15, 0.2) is 66.8 Å². The Kier molecular flexibility index (Phi) is 7.91. The molecular weight excluding hydrogens is 401 g/mol. The van der Waals surface area contributed by atoms with Crippen molar-refractivity contribution in [1.82, 2.24) is 9.88 Å². The summed E-state index contributed by atoms with van der Waals surface area (Å²) in [6.07, 6.45) is -0.0249. The average Bonchev–Trinajstić information content (AvgIpc) is 2.73. The molecule has 1 aromatic heterocycles. The highest BCUT2D eigenvalue weighted by atomic mass is 35.5. The van der Waals surface area contributed by atoms with Gasteiger partial charge < -0.3 is 9.64 Å². The van der Waals surface area contributed by atoms with E-state index in [1.165, 1.54) is 25.4 Å². The molecule has 0 unspecified atom stereocenters. The number of nitrogens with zero attached hydrogens (tertiary/aromatic N) is 2. The van der Waals surface area contributed by atoms with Gasteiger partial charge in [0.15, 0.2) is 0 Å². The minimum atomic E-state index is -2.71. The molecule has 3 nitrogen and oxygen atoms in total. The number of aromatic nitrogens is 1. The van der Waals surface area contributed by atoms with Gasteiger partial charge >= 0.3 is 0 Å². The fourth-order valence-corrected chi connectivity index (χ4v) is 3.07. The number of hydrogen-bond donors (Lipinski definition) is 0. The largest absolute Gasteiger partial charge is 0.495 e. The van der Waals surface area contributed by atoms with Crippen LogP contribution in [0.1, 0.15) is 25.1 Å². The smallest absolute Gasteiger partial charge is 0.256 e. The molecule has 0 spiro atoms. The van der Waals surface area contributed by atoms with Gasteiger partial charge in [0.2, 0.25) is 0 Å². The van der Waals surface area contributed by atoms with Gasteiger partial charge in [-0.3, -0.25) is 0 Å². The third-order valence-electron chi connectivity index (χ3n) is 4.08. The predicted octanol–water partition coefficient (Wildman–Crippen LogP) is 6.59. The van der Waals surface area contributed by atoms with E-state index in [1.54, 1.807) is 30.3 Å². The first-order chi connectivity index (χ1) is 13.9. The number of pyridine rings is 1. The van der Waals surface area contributed by atoms with Crippen molar-refractivity contribution in [3.05, 3.63) is 83.1 Å². The molecular formula is C22H22ClF3N2O. The molecule has 2 heterocycles. The molecule has 0 saturated heterocycles. The van der Waals surface area contributed by atoms with Crippen molar-refractivity contribution < 1.29 is 17.9 Å². The first kappa shape index (κ1) is 22.6. The normalized spacial score (nSPS) is 13.9. The SMILES string of the molecule is C=C1C(F)=CC(c2ccccc2)=C(c2ncc(OC)cc2Cl)N1CC(F)F.CC. The van der Waals surface area contributed by atoms with Crippen molar-refractivity contribution in [2.75, 3.05) is 13.7 Å². The first-order valence-electron chi connectivity index (χ1n) is 9.04. The Balaban J connectivity index is 0.00000145. The number of ether oxygens (including phenoxy) is 1. The highest BCUT2D eigenvalue weighted by Gasteiger charge is 2.30. The van der Waals surface area contributed by atoms with Crippen molar-refractivity contribution in [2.45, 2.75) is 20.3 Å². The number of methoxy groups -OCH3 is 1. The van der Waals surface area contributed by atoms with Crippen LogP contribution in [0, 0.1) is 0 Å². The molecule has 0 saturated carbocycles. The summed E-state index contributed by atoms with van der Waals surface area (Å²) in [5.74, 6) is -0.273. The summed E-state index contributed by atoms with van der Waals surface area (Å²) in [6.45, 7) is 6.88. The monoisotopic (exact) mass is 422 g/mol. The number of allylic oxidation sites excluding steroid dienone is 3.